The summed E-state index contributed by atoms with van der Waals surface area (Å²) in [5, 5.41) is 0. The van der Waals surface area contributed by atoms with E-state index in [-0.39, 0.29) is 10.6 Å². The predicted molar refractivity (Wildman–Crippen MR) is 130 cm³/mol. The van der Waals surface area contributed by atoms with Crippen molar-refractivity contribution in [2.75, 3.05) is 17.5 Å². The summed E-state index contributed by atoms with van der Waals surface area (Å²) in [5.41, 5.74) is 0.969. The first kappa shape index (κ1) is 24.1. The van der Waals surface area contributed by atoms with E-state index >= 15 is 0 Å². The molecule has 0 saturated carbocycles. The summed E-state index contributed by atoms with van der Waals surface area (Å²) in [5.74, 6) is 0.643. The molecule has 0 saturated heterocycles. The second kappa shape index (κ2) is 11.3. The third-order valence-corrected chi connectivity index (χ3v) is 6.37. The highest BCUT2D eigenvalue weighted by atomic mass is 32.2. The molecule has 0 aromatic heterocycles. The summed E-state index contributed by atoms with van der Waals surface area (Å²) in [6.07, 6.45) is 3.74. The molecule has 33 heavy (non-hydrogen) atoms. The average Bonchev–Trinajstić information content (AvgIpc) is 2.84. The van der Waals surface area contributed by atoms with Crippen molar-refractivity contribution in [2.45, 2.75) is 25.2 Å². The van der Waals surface area contributed by atoms with Gasteiger partial charge in [0.05, 0.1) is 23.8 Å². The maximum atomic E-state index is 13.4. The van der Waals surface area contributed by atoms with Gasteiger partial charge in [0, 0.05) is 6.08 Å². The molecule has 0 aliphatic rings. The smallest absolute Gasteiger partial charge is 0.271 e. The van der Waals surface area contributed by atoms with E-state index in [9.17, 15) is 13.2 Å². The molecule has 0 aliphatic heterocycles. The van der Waals surface area contributed by atoms with Gasteiger partial charge < -0.3 is 9.47 Å². The molecule has 0 unspecified atom stereocenters. The van der Waals surface area contributed by atoms with Crippen molar-refractivity contribution in [2.24, 2.45) is 0 Å². The lowest BCUT2D eigenvalue weighted by molar-refractivity contribution is -0.113. The van der Waals surface area contributed by atoms with Crippen LogP contribution in [0.3, 0.4) is 0 Å². The number of carbonyl (C=O) groups is 1. The van der Waals surface area contributed by atoms with Crippen LogP contribution in [0.5, 0.6) is 11.5 Å². The number of anilines is 1. The third kappa shape index (κ3) is 6.23. The molecule has 0 atom stereocenters. The number of ether oxygens (including phenoxy) is 2. The van der Waals surface area contributed by atoms with Crippen molar-refractivity contribution in [3.63, 3.8) is 0 Å². The van der Waals surface area contributed by atoms with Crippen molar-refractivity contribution in [3.05, 3.63) is 90.5 Å². The monoisotopic (exact) mass is 465 g/mol. The molecular formula is C26H27NO5S. The molecule has 7 heteroatoms. The number of sulfonamides is 1. The molecule has 172 valence electrons. The van der Waals surface area contributed by atoms with E-state index in [1.54, 1.807) is 48.5 Å². The average molecular weight is 466 g/mol. The first-order valence-corrected chi connectivity index (χ1v) is 12.2. The van der Waals surface area contributed by atoms with Gasteiger partial charge in [-0.15, -0.1) is 0 Å². The maximum absolute atomic E-state index is 13.4. The zero-order valence-electron chi connectivity index (χ0n) is 18.7. The lowest BCUT2D eigenvalue weighted by Gasteiger charge is -2.21. The number of amides is 1. The molecule has 0 radical (unpaired) electrons. The Morgan fingerprint density at radius 1 is 0.848 bits per heavy atom. The lowest BCUT2D eigenvalue weighted by atomic mass is 10.2. The summed E-state index contributed by atoms with van der Waals surface area (Å²) in [6, 6.07) is 21.5. The van der Waals surface area contributed by atoms with Crippen LogP contribution in [0, 0.1) is 0 Å². The molecule has 0 aliphatic carbocycles. The summed E-state index contributed by atoms with van der Waals surface area (Å²) in [7, 11) is -4.13. The van der Waals surface area contributed by atoms with Crippen molar-refractivity contribution in [1.82, 2.24) is 0 Å². The van der Waals surface area contributed by atoms with Crippen LogP contribution in [-0.4, -0.2) is 27.5 Å². The third-order valence-electron chi connectivity index (χ3n) is 4.64. The number of rotatable bonds is 10. The zero-order valence-corrected chi connectivity index (χ0v) is 19.5. The molecule has 3 rings (SSSR count). The van der Waals surface area contributed by atoms with Crippen LogP contribution in [0.4, 0.5) is 5.69 Å². The van der Waals surface area contributed by atoms with E-state index in [1.807, 2.05) is 38.1 Å². The molecule has 0 fully saturated rings. The van der Waals surface area contributed by atoms with Crippen LogP contribution in [0.2, 0.25) is 0 Å². The quantitative estimate of drug-likeness (QED) is 0.380. The first-order chi connectivity index (χ1) is 16.0. The topological polar surface area (TPSA) is 72.9 Å². The SMILES string of the molecule is CCCOc1ccc(/C=C/C(=O)N(c2ccc(OCC)cc2)S(=O)(=O)c2ccccc2)cc1. The van der Waals surface area contributed by atoms with E-state index in [0.29, 0.717) is 19.0 Å². The van der Waals surface area contributed by atoms with Crippen LogP contribution in [0.25, 0.3) is 6.08 Å². The number of carbonyl (C=O) groups excluding carboxylic acids is 1. The lowest BCUT2D eigenvalue weighted by Crippen LogP contribution is -2.35. The molecule has 3 aromatic carbocycles. The summed E-state index contributed by atoms with van der Waals surface area (Å²) in [6.45, 7) is 5.00. The van der Waals surface area contributed by atoms with Crippen molar-refractivity contribution in [3.8, 4) is 11.5 Å². The fraction of sp³-hybridized carbons (Fsp3) is 0.192. The number of benzene rings is 3. The molecule has 1 amide bonds. The molecule has 0 bridgehead atoms. The van der Waals surface area contributed by atoms with Crippen molar-refractivity contribution >= 4 is 27.7 Å². The van der Waals surface area contributed by atoms with Gasteiger partial charge in [0.25, 0.3) is 15.9 Å². The summed E-state index contributed by atoms with van der Waals surface area (Å²) in [4.78, 5) is 13.2. The number of hydrogen-bond acceptors (Lipinski definition) is 5. The zero-order chi connectivity index (χ0) is 23.7. The van der Waals surface area contributed by atoms with Gasteiger partial charge in [0.1, 0.15) is 11.5 Å². The van der Waals surface area contributed by atoms with Crippen molar-refractivity contribution in [1.29, 1.82) is 0 Å². The van der Waals surface area contributed by atoms with Gasteiger partial charge >= 0.3 is 0 Å². The van der Waals surface area contributed by atoms with Gasteiger partial charge in [-0.3, -0.25) is 4.79 Å². The van der Waals surface area contributed by atoms with Crippen LogP contribution < -0.4 is 13.8 Å². The highest BCUT2D eigenvalue weighted by Crippen LogP contribution is 2.26. The van der Waals surface area contributed by atoms with E-state index < -0.39 is 15.9 Å². The Hall–Kier alpha value is -3.58. The van der Waals surface area contributed by atoms with Gasteiger partial charge in [-0.05, 0) is 73.5 Å². The summed E-state index contributed by atoms with van der Waals surface area (Å²) >= 11 is 0. The molecule has 6 nitrogen and oxygen atoms in total. The fourth-order valence-electron chi connectivity index (χ4n) is 3.06. The first-order valence-electron chi connectivity index (χ1n) is 10.7. The van der Waals surface area contributed by atoms with E-state index in [0.717, 1.165) is 22.0 Å². The van der Waals surface area contributed by atoms with E-state index in [4.69, 9.17) is 9.47 Å². The molecular weight excluding hydrogens is 438 g/mol. The number of nitrogens with zero attached hydrogens (tertiary/aromatic N) is 1. The van der Waals surface area contributed by atoms with Gasteiger partial charge in [-0.2, -0.15) is 4.31 Å². The Balaban J connectivity index is 1.91. The molecule has 0 spiro atoms. The van der Waals surface area contributed by atoms with Gasteiger partial charge in [-0.1, -0.05) is 37.3 Å². The van der Waals surface area contributed by atoms with Crippen LogP contribution in [-0.2, 0) is 14.8 Å². The Kier molecular flexibility index (Phi) is 8.27. The second-order valence-electron chi connectivity index (χ2n) is 7.10. The minimum Gasteiger partial charge on any atom is -0.494 e. The van der Waals surface area contributed by atoms with E-state index in [1.165, 1.54) is 18.2 Å². The predicted octanol–water partition coefficient (Wildman–Crippen LogP) is 5.31. The summed E-state index contributed by atoms with van der Waals surface area (Å²) < 4.78 is 38.5. The standard InChI is InChI=1S/C26H27NO5S/c1-3-20-32-24-15-10-21(11-16-24)12-19-26(28)27(22-13-17-23(18-14-22)31-4-2)33(29,30)25-8-6-5-7-9-25/h5-19H,3-4,20H2,1-2H3/b19-12+. The Labute approximate surface area is 195 Å². The largest absolute Gasteiger partial charge is 0.494 e. The normalized spacial score (nSPS) is 11.3. The maximum Gasteiger partial charge on any atom is 0.271 e. The highest BCUT2D eigenvalue weighted by molar-refractivity contribution is 7.93. The number of hydrogen-bond donors (Lipinski definition) is 0. The van der Waals surface area contributed by atoms with Crippen LogP contribution >= 0.6 is 0 Å². The van der Waals surface area contributed by atoms with Gasteiger partial charge in [0.2, 0.25) is 0 Å². The van der Waals surface area contributed by atoms with Crippen molar-refractivity contribution < 1.29 is 22.7 Å². The minimum atomic E-state index is -4.13. The van der Waals surface area contributed by atoms with Crippen LogP contribution in [0.1, 0.15) is 25.8 Å². The Bertz CT molecular complexity index is 1170. The molecule has 0 heterocycles. The Morgan fingerprint density at radius 2 is 1.45 bits per heavy atom. The molecule has 0 N–H and O–H groups in total. The highest BCUT2D eigenvalue weighted by Gasteiger charge is 2.29. The van der Waals surface area contributed by atoms with Gasteiger partial charge in [-0.25, -0.2) is 8.42 Å². The van der Waals surface area contributed by atoms with Crippen LogP contribution in [0.15, 0.2) is 89.8 Å². The minimum absolute atomic E-state index is 0.0260. The fourth-order valence-corrected chi connectivity index (χ4v) is 4.47. The van der Waals surface area contributed by atoms with E-state index in [2.05, 4.69) is 0 Å². The second-order valence-corrected chi connectivity index (χ2v) is 8.89. The Morgan fingerprint density at radius 3 is 2.06 bits per heavy atom. The van der Waals surface area contributed by atoms with Gasteiger partial charge in [0.15, 0.2) is 0 Å². The molecule has 3 aromatic rings.